The van der Waals surface area contributed by atoms with Crippen LogP contribution < -0.4 is 9.47 Å². The van der Waals surface area contributed by atoms with Gasteiger partial charge in [0.15, 0.2) is 11.5 Å². The van der Waals surface area contributed by atoms with E-state index in [0.717, 1.165) is 43.8 Å². The zero-order valence-corrected chi connectivity index (χ0v) is 23.6. The van der Waals surface area contributed by atoms with Gasteiger partial charge in [-0.25, -0.2) is 0 Å². The van der Waals surface area contributed by atoms with Gasteiger partial charge >= 0.3 is 5.97 Å². The Balaban J connectivity index is 0.000000931. The van der Waals surface area contributed by atoms with Crippen LogP contribution in [0.1, 0.15) is 64.5 Å². The number of unbranched alkanes of at least 4 members (excludes halogenated alkanes) is 1. The molecule has 1 heterocycles. The molecule has 0 spiro atoms. The minimum Gasteiger partial charge on any atom is -0.466 e. The number of benzene rings is 1. The van der Waals surface area contributed by atoms with Crippen molar-refractivity contribution in [2.24, 2.45) is 0 Å². The van der Waals surface area contributed by atoms with Crippen LogP contribution in [0.2, 0.25) is 0 Å². The summed E-state index contributed by atoms with van der Waals surface area (Å²) in [4.78, 5) is 20.6. The number of carbonyl (C=O) groups is 2. The number of aryl methyl sites for hydroxylation is 1. The minimum absolute atomic E-state index is 0. The Hall–Kier alpha value is -1.28. The topological polar surface area (TPSA) is 89.5 Å². The van der Waals surface area contributed by atoms with Gasteiger partial charge in [0.2, 0.25) is 6.79 Å². The van der Waals surface area contributed by atoms with Crippen molar-refractivity contribution in [3.8, 4) is 11.5 Å². The van der Waals surface area contributed by atoms with Crippen LogP contribution in [0.25, 0.3) is 0 Å². The molecule has 34 heavy (non-hydrogen) atoms. The van der Waals surface area contributed by atoms with Gasteiger partial charge < -0.3 is 28.4 Å². The number of carbonyl (C=O) groups excluding carboxylic acids is 2. The van der Waals surface area contributed by atoms with Gasteiger partial charge in [0.1, 0.15) is 12.2 Å². The Kier molecular flexibility index (Phi) is 20.3. The average molecular weight is 560 g/mol. The fourth-order valence-corrected chi connectivity index (χ4v) is 2.95. The van der Waals surface area contributed by atoms with Crippen LogP contribution in [0.3, 0.4) is 0 Å². The van der Waals surface area contributed by atoms with E-state index >= 15 is 0 Å². The second-order valence-electron chi connectivity index (χ2n) is 7.54. The number of fused-ring (bicyclic) bond motifs is 1. The predicted octanol–water partition coefficient (Wildman–Crippen LogP) is 4.24. The van der Waals surface area contributed by atoms with Crippen LogP contribution in [0, 0.1) is 0 Å². The van der Waals surface area contributed by atoms with Gasteiger partial charge in [-0.2, -0.15) is 0 Å². The quantitative estimate of drug-likeness (QED) is 0.169. The molecule has 8 nitrogen and oxygen atoms in total. The summed E-state index contributed by atoms with van der Waals surface area (Å²) in [5, 5.41) is 0. The van der Waals surface area contributed by atoms with E-state index in [2.05, 4.69) is 24.7 Å². The second-order valence-corrected chi connectivity index (χ2v) is 7.54. The van der Waals surface area contributed by atoms with E-state index in [1.807, 2.05) is 6.07 Å². The zero-order chi connectivity index (χ0) is 24.3. The Bertz CT molecular complexity index is 696. The molecule has 1 aliphatic heterocycles. The molecular weight excluding hydrogens is 519 g/mol. The number of hydrogen-bond donors (Lipinski definition) is 0. The van der Waals surface area contributed by atoms with Crippen LogP contribution in [0.5, 0.6) is 11.5 Å². The number of esters is 1. The number of ketones is 1. The van der Waals surface area contributed by atoms with Crippen LogP contribution in [0.4, 0.5) is 0 Å². The minimum atomic E-state index is -0.440. The van der Waals surface area contributed by atoms with Crippen molar-refractivity contribution in [3.05, 3.63) is 23.3 Å². The summed E-state index contributed by atoms with van der Waals surface area (Å²) < 4.78 is 32.1. The normalized spacial score (nSPS) is 11.3. The maximum atomic E-state index is 10.4. The van der Waals surface area contributed by atoms with Crippen LogP contribution in [-0.2, 0) is 67.8 Å². The maximum Gasteiger partial charge on any atom is 0.313 e. The fraction of sp³-hybridized carbons (Fsp3) is 0.680. The van der Waals surface area contributed by atoms with E-state index in [9.17, 15) is 9.59 Å². The summed E-state index contributed by atoms with van der Waals surface area (Å²) in [6.45, 7) is 11.9. The van der Waals surface area contributed by atoms with Gasteiger partial charge in [0.25, 0.3) is 0 Å². The molecule has 0 aromatic heterocycles. The summed E-state index contributed by atoms with van der Waals surface area (Å²) >= 11 is 0. The molecular formula is C25H40O8Zr. The van der Waals surface area contributed by atoms with E-state index in [4.69, 9.17) is 23.7 Å². The van der Waals surface area contributed by atoms with E-state index < -0.39 is 5.97 Å². The van der Waals surface area contributed by atoms with Gasteiger partial charge in [-0.05, 0) is 49.9 Å². The molecule has 0 radical (unpaired) electrons. The Labute approximate surface area is 223 Å². The second kappa shape index (κ2) is 21.0. The Morgan fingerprint density at radius 2 is 1.44 bits per heavy atom. The van der Waals surface area contributed by atoms with E-state index in [-0.39, 0.29) is 38.4 Å². The van der Waals surface area contributed by atoms with Crippen molar-refractivity contribution in [1.82, 2.24) is 0 Å². The van der Waals surface area contributed by atoms with Gasteiger partial charge in [0.05, 0.1) is 39.6 Å². The maximum absolute atomic E-state index is 10.4. The van der Waals surface area contributed by atoms with Crippen LogP contribution >= 0.6 is 0 Å². The summed E-state index contributed by atoms with van der Waals surface area (Å²) in [5.41, 5.74) is 2.44. The first-order valence-corrected chi connectivity index (χ1v) is 11.8. The van der Waals surface area contributed by atoms with Crippen LogP contribution in [0.15, 0.2) is 12.1 Å². The third kappa shape index (κ3) is 14.9. The molecule has 0 amide bonds. The molecule has 1 aromatic carbocycles. The summed E-state index contributed by atoms with van der Waals surface area (Å²) in [5.74, 6) is 1.06. The molecule has 9 heteroatoms. The van der Waals surface area contributed by atoms with Gasteiger partial charge in [-0.1, -0.05) is 26.7 Å². The molecule has 0 saturated heterocycles. The standard InChI is InChI=1S/C19H30O5.C6H10O3.Zr/c1-3-5-7-20-8-9-21-10-11-22-14-17-13-19-18(23-15-24-19)12-16(17)6-4-2;1-3-9-6(8)4-5(2)7;/h12-13H,3-11,14-15H2,1-2H3;3-4H2,1-2H3;. The molecule has 0 atom stereocenters. The molecule has 1 aliphatic rings. The van der Waals surface area contributed by atoms with E-state index in [1.54, 1.807) is 6.92 Å². The predicted molar refractivity (Wildman–Crippen MR) is 125 cm³/mol. The smallest absolute Gasteiger partial charge is 0.313 e. The van der Waals surface area contributed by atoms with Crippen molar-refractivity contribution in [2.75, 3.05) is 46.4 Å². The van der Waals surface area contributed by atoms with Gasteiger partial charge in [0, 0.05) is 32.8 Å². The molecule has 0 saturated carbocycles. The Morgan fingerprint density at radius 1 is 0.853 bits per heavy atom. The summed E-state index contributed by atoms with van der Waals surface area (Å²) in [7, 11) is 0. The van der Waals surface area contributed by atoms with Crippen molar-refractivity contribution >= 4 is 11.8 Å². The summed E-state index contributed by atoms with van der Waals surface area (Å²) in [6, 6.07) is 4.12. The first kappa shape index (κ1) is 32.7. The average Bonchev–Trinajstić information content (AvgIpc) is 3.22. The third-order valence-corrected chi connectivity index (χ3v) is 4.56. The van der Waals surface area contributed by atoms with Gasteiger partial charge in [-0.3, -0.25) is 9.59 Å². The number of rotatable bonds is 16. The molecule has 0 aliphatic carbocycles. The van der Waals surface area contributed by atoms with Crippen molar-refractivity contribution in [1.29, 1.82) is 0 Å². The first-order valence-electron chi connectivity index (χ1n) is 11.8. The Morgan fingerprint density at radius 3 is 2.00 bits per heavy atom. The van der Waals surface area contributed by atoms with Crippen molar-refractivity contribution in [2.45, 2.75) is 66.4 Å². The molecule has 1 aromatic rings. The fourth-order valence-electron chi connectivity index (χ4n) is 2.95. The molecule has 0 fully saturated rings. The zero-order valence-electron chi connectivity index (χ0n) is 21.1. The SMILES string of the molecule is CCCCOCCOCCOCc1cc2c(cc1CCC)OCO2.CCOC(=O)CC(C)=O.[Zr]. The number of ether oxygens (including phenoxy) is 6. The molecule has 0 unspecified atom stereocenters. The monoisotopic (exact) mass is 558 g/mol. The van der Waals surface area contributed by atoms with Crippen LogP contribution in [-0.4, -0.2) is 58.2 Å². The number of Topliss-reactive ketones (excluding diaryl/α,β-unsaturated/α-hetero) is 1. The van der Waals surface area contributed by atoms with E-state index in [1.165, 1.54) is 18.1 Å². The largest absolute Gasteiger partial charge is 0.466 e. The molecule has 192 valence electrons. The first-order chi connectivity index (χ1) is 16.0. The molecule has 0 bridgehead atoms. The van der Waals surface area contributed by atoms with Gasteiger partial charge in [-0.15, -0.1) is 0 Å². The molecule has 0 N–H and O–H groups in total. The third-order valence-electron chi connectivity index (χ3n) is 4.56. The summed E-state index contributed by atoms with van der Waals surface area (Å²) in [6.07, 6.45) is 4.27. The van der Waals surface area contributed by atoms with Crippen molar-refractivity contribution in [3.63, 3.8) is 0 Å². The number of hydrogen-bond acceptors (Lipinski definition) is 8. The van der Waals surface area contributed by atoms with Crippen molar-refractivity contribution < 1.29 is 64.2 Å². The van der Waals surface area contributed by atoms with E-state index in [0.29, 0.717) is 46.4 Å². The molecule has 2 rings (SSSR count).